The van der Waals surface area contributed by atoms with Crippen molar-refractivity contribution in [1.29, 1.82) is 0 Å². The van der Waals surface area contributed by atoms with Gasteiger partial charge in [0, 0.05) is 41.6 Å². The lowest BCUT2D eigenvalue weighted by Crippen LogP contribution is -2.46. The van der Waals surface area contributed by atoms with Gasteiger partial charge in [-0.1, -0.05) is 18.2 Å². The van der Waals surface area contributed by atoms with Crippen LogP contribution in [0.2, 0.25) is 0 Å². The number of hydrogen-bond acceptors (Lipinski definition) is 5. The fourth-order valence-electron chi connectivity index (χ4n) is 3.85. The van der Waals surface area contributed by atoms with E-state index in [1.165, 1.54) is 11.3 Å². The molecule has 1 saturated heterocycles. The first kappa shape index (κ1) is 19.1. The number of piperidine rings is 1. The van der Waals surface area contributed by atoms with Crippen molar-refractivity contribution in [2.45, 2.75) is 37.6 Å². The zero-order valence-corrected chi connectivity index (χ0v) is 17.4. The lowest BCUT2D eigenvalue weighted by atomic mass is 10.0. The van der Waals surface area contributed by atoms with E-state index in [4.69, 9.17) is 4.42 Å². The van der Waals surface area contributed by atoms with E-state index in [1.54, 1.807) is 0 Å². The molecule has 5 rings (SSSR count). The van der Waals surface area contributed by atoms with Crippen molar-refractivity contribution in [1.82, 2.24) is 15.2 Å². The number of hydrogen-bond donors (Lipinski definition) is 1. The molecular weight excluding hydrogens is 398 g/mol. The highest BCUT2D eigenvalue weighted by Gasteiger charge is 2.36. The van der Waals surface area contributed by atoms with Gasteiger partial charge >= 0.3 is 0 Å². The first-order chi connectivity index (χ1) is 14.7. The molecule has 0 radical (unpaired) electrons. The summed E-state index contributed by atoms with van der Waals surface area (Å²) in [6, 6.07) is 11.6. The van der Waals surface area contributed by atoms with Crippen molar-refractivity contribution < 1.29 is 14.0 Å². The van der Waals surface area contributed by atoms with E-state index in [0.29, 0.717) is 36.2 Å². The number of likely N-dealkylation sites (tertiary alicyclic amines) is 1. The lowest BCUT2D eigenvalue weighted by molar-refractivity contribution is 0.0691. The molecule has 1 aliphatic carbocycles. The van der Waals surface area contributed by atoms with Crippen LogP contribution in [0.4, 0.5) is 0 Å². The van der Waals surface area contributed by atoms with Gasteiger partial charge < -0.3 is 14.6 Å². The number of benzene rings is 1. The van der Waals surface area contributed by atoms with Crippen LogP contribution in [0, 0.1) is 0 Å². The molecular formula is C23H23N3O3S. The molecule has 3 aromatic rings. The molecule has 1 aliphatic heterocycles. The van der Waals surface area contributed by atoms with Crippen molar-refractivity contribution >= 4 is 23.2 Å². The second-order valence-corrected chi connectivity index (χ2v) is 8.70. The van der Waals surface area contributed by atoms with Crippen molar-refractivity contribution in [2.75, 3.05) is 13.1 Å². The molecule has 0 atom stereocenters. The van der Waals surface area contributed by atoms with Crippen LogP contribution < -0.4 is 5.32 Å². The van der Waals surface area contributed by atoms with Gasteiger partial charge in [0.15, 0.2) is 5.69 Å². The van der Waals surface area contributed by atoms with Gasteiger partial charge in [-0.2, -0.15) is 11.3 Å². The quantitative estimate of drug-likeness (QED) is 0.666. The van der Waals surface area contributed by atoms with Gasteiger partial charge in [0.1, 0.15) is 5.76 Å². The molecule has 0 unspecified atom stereocenters. The molecule has 154 valence electrons. The highest BCUT2D eigenvalue weighted by atomic mass is 32.1. The third kappa shape index (κ3) is 3.89. The zero-order valence-electron chi connectivity index (χ0n) is 16.5. The van der Waals surface area contributed by atoms with Crippen LogP contribution in [0.1, 0.15) is 58.2 Å². The number of rotatable bonds is 5. The second-order valence-electron chi connectivity index (χ2n) is 7.92. The van der Waals surface area contributed by atoms with Gasteiger partial charge in [-0.25, -0.2) is 4.98 Å². The summed E-state index contributed by atoms with van der Waals surface area (Å²) < 4.78 is 6.04. The number of carbonyl (C=O) groups excluding carboxylic acids is 2. The number of oxazole rings is 1. The van der Waals surface area contributed by atoms with E-state index in [-0.39, 0.29) is 17.9 Å². The summed E-state index contributed by atoms with van der Waals surface area (Å²) in [4.78, 5) is 31.9. The highest BCUT2D eigenvalue weighted by molar-refractivity contribution is 7.08. The fraction of sp³-hybridized carbons (Fsp3) is 0.348. The standard InChI is InChI=1S/C23H23N3O3S/c27-21(17-10-13-30-14-17)24-18-8-11-26(12-9-18)23(28)19-20(15-6-7-15)29-22(25-19)16-4-2-1-3-5-16/h1-5,10,13-15,18H,6-9,11-12H2,(H,24,27). The van der Waals surface area contributed by atoms with Gasteiger partial charge in [0.2, 0.25) is 5.89 Å². The summed E-state index contributed by atoms with van der Waals surface area (Å²) in [6.07, 6.45) is 3.56. The smallest absolute Gasteiger partial charge is 0.276 e. The van der Waals surface area contributed by atoms with E-state index >= 15 is 0 Å². The molecule has 2 fully saturated rings. The molecule has 0 bridgehead atoms. The largest absolute Gasteiger partial charge is 0.440 e. The summed E-state index contributed by atoms with van der Waals surface area (Å²) in [5.74, 6) is 1.44. The third-order valence-electron chi connectivity index (χ3n) is 5.73. The Bertz CT molecular complexity index is 1030. The van der Waals surface area contributed by atoms with Gasteiger partial charge in [-0.15, -0.1) is 0 Å². The summed E-state index contributed by atoms with van der Waals surface area (Å²) in [6.45, 7) is 1.20. The normalized spacial score (nSPS) is 17.1. The number of aromatic nitrogens is 1. The first-order valence-corrected chi connectivity index (χ1v) is 11.3. The molecule has 1 aromatic carbocycles. The maximum absolute atomic E-state index is 13.2. The Morgan fingerprint density at radius 3 is 2.50 bits per heavy atom. The predicted octanol–water partition coefficient (Wildman–Crippen LogP) is 4.32. The predicted molar refractivity (Wildman–Crippen MR) is 115 cm³/mol. The van der Waals surface area contributed by atoms with Crippen molar-refractivity contribution in [3.63, 3.8) is 0 Å². The van der Waals surface area contributed by atoms with E-state index < -0.39 is 0 Å². The highest BCUT2D eigenvalue weighted by Crippen LogP contribution is 2.43. The monoisotopic (exact) mass is 421 g/mol. The average molecular weight is 422 g/mol. The maximum Gasteiger partial charge on any atom is 0.276 e. The fourth-order valence-corrected chi connectivity index (χ4v) is 4.49. The van der Waals surface area contributed by atoms with E-state index in [2.05, 4.69) is 10.3 Å². The Morgan fingerprint density at radius 2 is 1.83 bits per heavy atom. The van der Waals surface area contributed by atoms with Gasteiger partial charge in [-0.3, -0.25) is 9.59 Å². The molecule has 6 nitrogen and oxygen atoms in total. The lowest BCUT2D eigenvalue weighted by Gasteiger charge is -2.32. The van der Waals surface area contributed by atoms with Crippen LogP contribution in [-0.4, -0.2) is 40.8 Å². The summed E-state index contributed by atoms with van der Waals surface area (Å²) in [5, 5.41) is 6.83. The minimum Gasteiger partial charge on any atom is -0.440 e. The van der Waals surface area contributed by atoms with Crippen molar-refractivity contribution in [3.05, 3.63) is 64.2 Å². The van der Waals surface area contributed by atoms with Crippen LogP contribution >= 0.6 is 11.3 Å². The molecule has 1 saturated carbocycles. The minimum absolute atomic E-state index is 0.0407. The van der Waals surface area contributed by atoms with E-state index in [9.17, 15) is 9.59 Å². The van der Waals surface area contributed by atoms with Crippen LogP contribution in [0.25, 0.3) is 11.5 Å². The van der Waals surface area contributed by atoms with E-state index in [0.717, 1.165) is 37.0 Å². The van der Waals surface area contributed by atoms with Crippen molar-refractivity contribution in [3.8, 4) is 11.5 Å². The third-order valence-corrected chi connectivity index (χ3v) is 6.41. The zero-order chi connectivity index (χ0) is 20.5. The average Bonchev–Trinajstić information content (AvgIpc) is 3.29. The van der Waals surface area contributed by atoms with Gasteiger partial charge in [-0.05, 0) is 49.3 Å². The molecule has 7 heteroatoms. The SMILES string of the molecule is O=C(NC1CCN(C(=O)c2nc(-c3ccccc3)oc2C2CC2)CC1)c1ccsc1. The maximum atomic E-state index is 13.2. The summed E-state index contributed by atoms with van der Waals surface area (Å²) >= 11 is 1.51. The molecule has 1 N–H and O–H groups in total. The van der Waals surface area contributed by atoms with Crippen molar-refractivity contribution in [2.24, 2.45) is 0 Å². The van der Waals surface area contributed by atoms with Crippen LogP contribution in [0.3, 0.4) is 0 Å². The molecule has 0 spiro atoms. The molecule has 30 heavy (non-hydrogen) atoms. The number of nitrogens with one attached hydrogen (secondary N) is 1. The molecule has 2 amide bonds. The minimum atomic E-state index is -0.0644. The number of carbonyl (C=O) groups is 2. The number of amides is 2. The Morgan fingerprint density at radius 1 is 1.07 bits per heavy atom. The summed E-state index contributed by atoms with van der Waals surface area (Å²) in [5.41, 5.74) is 2.04. The molecule has 2 aromatic heterocycles. The first-order valence-electron chi connectivity index (χ1n) is 10.4. The van der Waals surface area contributed by atoms with Crippen LogP contribution in [0.15, 0.2) is 51.6 Å². The Labute approximate surface area is 178 Å². The Hall–Kier alpha value is -2.93. The molecule has 2 aliphatic rings. The van der Waals surface area contributed by atoms with E-state index in [1.807, 2.05) is 52.1 Å². The number of thiophene rings is 1. The van der Waals surface area contributed by atoms with Gasteiger partial charge in [0.05, 0.1) is 0 Å². The topological polar surface area (TPSA) is 75.4 Å². The molecule has 3 heterocycles. The summed E-state index contributed by atoms with van der Waals surface area (Å²) in [7, 11) is 0. The Balaban J connectivity index is 1.27. The number of nitrogens with zero attached hydrogens (tertiary/aromatic N) is 2. The second kappa shape index (κ2) is 8.07. The Kier molecular flexibility index (Phi) is 5.12. The van der Waals surface area contributed by atoms with Crippen LogP contribution in [0.5, 0.6) is 0 Å². The van der Waals surface area contributed by atoms with Gasteiger partial charge in [0.25, 0.3) is 11.8 Å². The van der Waals surface area contributed by atoms with Crippen LogP contribution in [-0.2, 0) is 0 Å².